The molecule has 0 atom stereocenters. The van der Waals surface area contributed by atoms with Crippen molar-refractivity contribution in [1.29, 1.82) is 0 Å². The van der Waals surface area contributed by atoms with E-state index >= 15 is 0 Å². The molecule has 94 valence electrons. The summed E-state index contributed by atoms with van der Waals surface area (Å²) in [5, 5.41) is 10.1. The molecule has 0 bridgehead atoms. The van der Waals surface area contributed by atoms with Crippen LogP contribution in [-0.4, -0.2) is 34.2 Å². The molecule has 1 N–H and O–H groups in total. The highest BCUT2D eigenvalue weighted by atomic mass is 35.5. The van der Waals surface area contributed by atoms with Crippen LogP contribution in [-0.2, 0) is 4.79 Å². The molecule has 0 radical (unpaired) electrons. The number of halogens is 1. The summed E-state index contributed by atoms with van der Waals surface area (Å²) in [6.45, 7) is 1.78. The summed E-state index contributed by atoms with van der Waals surface area (Å²) >= 11 is 1.34. The number of aliphatic imine (C=N–C) groups is 1. The van der Waals surface area contributed by atoms with E-state index in [0.717, 1.165) is 43.2 Å². The van der Waals surface area contributed by atoms with Crippen LogP contribution in [0.25, 0.3) is 0 Å². The molecule has 1 fully saturated rings. The van der Waals surface area contributed by atoms with Crippen LogP contribution in [0.2, 0.25) is 0 Å². The lowest BCUT2D eigenvalue weighted by molar-refractivity contribution is -0.131. The number of aliphatic carboxylic acids is 1. The Morgan fingerprint density at radius 1 is 1.41 bits per heavy atom. The number of nitrogens with zero attached hydrogens (tertiary/aromatic N) is 2. The van der Waals surface area contributed by atoms with Crippen molar-refractivity contribution >= 4 is 35.3 Å². The highest BCUT2D eigenvalue weighted by molar-refractivity contribution is 8.18. The Hall–Kier alpha value is -0.680. The van der Waals surface area contributed by atoms with Crippen LogP contribution in [0.4, 0.5) is 0 Å². The number of thioether (sulfide) groups is 1. The summed E-state index contributed by atoms with van der Waals surface area (Å²) in [7, 11) is 0. The quantitative estimate of drug-likeness (QED) is 0.840. The molecule has 1 aliphatic carbocycles. The first-order valence-electron chi connectivity index (χ1n) is 5.74. The number of carboxylic acid groups (broad SMARTS) is 1. The van der Waals surface area contributed by atoms with Crippen LogP contribution in [0.3, 0.4) is 0 Å². The fraction of sp³-hybridized carbons (Fsp3) is 0.636. The van der Waals surface area contributed by atoms with Crippen LogP contribution in [0.15, 0.2) is 15.6 Å². The molecule has 0 saturated heterocycles. The first kappa shape index (κ1) is 12.8. The lowest BCUT2D eigenvalue weighted by Crippen LogP contribution is -2.34. The summed E-state index contributed by atoms with van der Waals surface area (Å²) in [5.74, 6) is -0.326. The Balaban J connectivity index is 0.00000108. The van der Waals surface area contributed by atoms with Gasteiger partial charge in [0.05, 0.1) is 0 Å². The number of fused-ring (bicyclic) bond motifs is 1. The minimum absolute atomic E-state index is 0. The normalized spacial score (nSPS) is 23.8. The van der Waals surface area contributed by atoms with Crippen molar-refractivity contribution in [3.63, 3.8) is 0 Å². The third-order valence-electron chi connectivity index (χ3n) is 3.42. The number of hydrogen-bond donors (Lipinski definition) is 1. The molecule has 0 amide bonds. The molecule has 6 heteroatoms. The molecule has 3 rings (SSSR count). The Morgan fingerprint density at radius 3 is 2.76 bits per heavy atom. The van der Waals surface area contributed by atoms with Gasteiger partial charge in [-0.15, -0.1) is 12.4 Å². The summed E-state index contributed by atoms with van der Waals surface area (Å²) in [4.78, 5) is 18.3. The van der Waals surface area contributed by atoms with Gasteiger partial charge < -0.3 is 10.0 Å². The van der Waals surface area contributed by atoms with Gasteiger partial charge >= 0.3 is 5.97 Å². The largest absolute Gasteiger partial charge is 0.477 e. The van der Waals surface area contributed by atoms with E-state index in [9.17, 15) is 9.90 Å². The molecule has 2 aliphatic heterocycles. The van der Waals surface area contributed by atoms with Crippen molar-refractivity contribution in [2.24, 2.45) is 10.9 Å². The molecule has 0 aromatic heterocycles. The fourth-order valence-corrected chi connectivity index (χ4v) is 3.51. The van der Waals surface area contributed by atoms with Crippen molar-refractivity contribution in [2.75, 3.05) is 13.1 Å². The third kappa shape index (κ3) is 2.06. The Bertz CT molecular complexity index is 404. The zero-order valence-corrected chi connectivity index (χ0v) is 11.0. The summed E-state index contributed by atoms with van der Waals surface area (Å²) in [6.07, 6.45) is 4.53. The number of carbonyl (C=O) groups is 1. The zero-order chi connectivity index (χ0) is 11.1. The van der Waals surface area contributed by atoms with E-state index in [-0.39, 0.29) is 12.4 Å². The van der Waals surface area contributed by atoms with Crippen molar-refractivity contribution < 1.29 is 9.90 Å². The lowest BCUT2D eigenvalue weighted by atomic mass is 9.82. The van der Waals surface area contributed by atoms with Crippen LogP contribution in [0.1, 0.15) is 25.7 Å². The summed E-state index contributed by atoms with van der Waals surface area (Å²) < 4.78 is 0. The predicted octanol–water partition coefficient (Wildman–Crippen LogP) is 2.31. The fourth-order valence-electron chi connectivity index (χ4n) is 2.40. The van der Waals surface area contributed by atoms with Crippen LogP contribution >= 0.6 is 24.2 Å². The topological polar surface area (TPSA) is 52.9 Å². The molecule has 4 nitrogen and oxygen atoms in total. The summed E-state index contributed by atoms with van der Waals surface area (Å²) in [6, 6.07) is 0. The second-order valence-electron chi connectivity index (χ2n) is 4.42. The van der Waals surface area contributed by atoms with E-state index < -0.39 is 5.97 Å². The number of allylic oxidation sites excluding steroid dienone is 1. The number of amidine groups is 1. The van der Waals surface area contributed by atoms with Gasteiger partial charge in [-0.2, -0.15) is 0 Å². The maximum absolute atomic E-state index is 11.2. The Morgan fingerprint density at radius 2 is 2.18 bits per heavy atom. The monoisotopic (exact) mass is 274 g/mol. The molecule has 0 aromatic carbocycles. The number of carboxylic acids is 1. The molecule has 17 heavy (non-hydrogen) atoms. The van der Waals surface area contributed by atoms with E-state index in [1.807, 2.05) is 0 Å². The Labute approximate surface area is 111 Å². The molecule has 0 spiro atoms. The average Bonchev–Trinajstić information content (AvgIpc) is 2.56. The van der Waals surface area contributed by atoms with Crippen molar-refractivity contribution in [1.82, 2.24) is 4.90 Å². The zero-order valence-electron chi connectivity index (χ0n) is 9.39. The first-order chi connectivity index (χ1) is 7.77. The average molecular weight is 275 g/mol. The number of rotatable bonds is 2. The van der Waals surface area contributed by atoms with E-state index in [1.165, 1.54) is 18.2 Å². The SMILES string of the molecule is Cl.O=C(O)C1=C(C2CCC2)N2CCCN=C2S1. The lowest BCUT2D eigenvalue weighted by Gasteiger charge is -2.34. The van der Waals surface area contributed by atoms with E-state index in [1.54, 1.807) is 0 Å². The number of hydrogen-bond acceptors (Lipinski definition) is 4. The smallest absolute Gasteiger partial charge is 0.344 e. The van der Waals surface area contributed by atoms with Gasteiger partial charge in [0.15, 0.2) is 5.17 Å². The maximum Gasteiger partial charge on any atom is 0.344 e. The van der Waals surface area contributed by atoms with Crippen LogP contribution in [0.5, 0.6) is 0 Å². The van der Waals surface area contributed by atoms with Crippen molar-refractivity contribution in [3.8, 4) is 0 Å². The highest BCUT2D eigenvalue weighted by Gasteiger charge is 2.39. The van der Waals surface area contributed by atoms with Gasteiger partial charge in [-0.3, -0.25) is 4.99 Å². The molecule has 2 heterocycles. The van der Waals surface area contributed by atoms with Crippen LogP contribution in [0, 0.1) is 5.92 Å². The molecule has 3 aliphatic rings. The van der Waals surface area contributed by atoms with Crippen LogP contribution < -0.4 is 0 Å². The maximum atomic E-state index is 11.2. The highest BCUT2D eigenvalue weighted by Crippen LogP contribution is 2.45. The molecule has 0 aromatic rings. The van der Waals surface area contributed by atoms with Gasteiger partial charge in [-0.1, -0.05) is 6.42 Å². The van der Waals surface area contributed by atoms with Gasteiger partial charge in [0, 0.05) is 24.7 Å². The molecular formula is C11H15ClN2O2S. The summed E-state index contributed by atoms with van der Waals surface area (Å²) in [5.41, 5.74) is 1.04. The first-order valence-corrected chi connectivity index (χ1v) is 6.56. The molecule has 1 saturated carbocycles. The minimum atomic E-state index is -0.788. The standard InChI is InChI=1S/C11H14N2O2S.ClH/c14-10(15)9-8(7-3-1-4-7)13-6-2-5-12-11(13)16-9;/h7H,1-6H2,(H,14,15);1H. The van der Waals surface area contributed by atoms with E-state index in [4.69, 9.17) is 0 Å². The van der Waals surface area contributed by atoms with Crippen molar-refractivity contribution in [3.05, 3.63) is 10.6 Å². The predicted molar refractivity (Wildman–Crippen MR) is 70.5 cm³/mol. The van der Waals surface area contributed by atoms with Gasteiger partial charge in [-0.25, -0.2) is 4.79 Å². The Kier molecular flexibility index (Phi) is 3.68. The van der Waals surface area contributed by atoms with E-state index in [2.05, 4.69) is 9.89 Å². The second-order valence-corrected chi connectivity index (χ2v) is 5.40. The van der Waals surface area contributed by atoms with Crippen molar-refractivity contribution in [2.45, 2.75) is 25.7 Å². The van der Waals surface area contributed by atoms with E-state index in [0.29, 0.717) is 10.8 Å². The van der Waals surface area contributed by atoms with Gasteiger partial charge in [0.25, 0.3) is 0 Å². The second kappa shape index (κ2) is 4.90. The molecular weight excluding hydrogens is 260 g/mol. The van der Waals surface area contributed by atoms with Gasteiger partial charge in [0.1, 0.15) is 4.91 Å². The van der Waals surface area contributed by atoms with Gasteiger partial charge in [0.2, 0.25) is 0 Å². The third-order valence-corrected chi connectivity index (χ3v) is 4.54. The minimum Gasteiger partial charge on any atom is -0.477 e. The van der Waals surface area contributed by atoms with Gasteiger partial charge in [-0.05, 0) is 31.0 Å². The molecule has 0 unspecified atom stereocenters.